The normalized spacial score (nSPS) is 12.4. The molecule has 0 aliphatic carbocycles. The number of carboxylic acid groups (broad SMARTS) is 1. The zero-order valence-electron chi connectivity index (χ0n) is 19.5. The first-order valence-electron chi connectivity index (χ1n) is 10.6. The van der Waals surface area contributed by atoms with Crippen LogP contribution in [0.4, 0.5) is 0 Å². The zero-order chi connectivity index (χ0) is 27.4. The van der Waals surface area contributed by atoms with Crippen LogP contribution >= 0.6 is 35.0 Å². The van der Waals surface area contributed by atoms with Gasteiger partial charge in [0, 0.05) is 25.0 Å². The maximum absolute atomic E-state index is 12.8. The van der Waals surface area contributed by atoms with Crippen LogP contribution in [0.5, 0.6) is 0 Å². The monoisotopic (exact) mass is 566 g/mol. The molecular formula is C24H24Cl2N4O6S. The molecule has 5 N–H and O–H groups in total. The van der Waals surface area contributed by atoms with E-state index in [2.05, 4.69) is 27.2 Å². The second-order valence-corrected chi connectivity index (χ2v) is 9.03. The fourth-order valence-electron chi connectivity index (χ4n) is 2.87. The number of halogens is 2. The number of carbonyl (C=O) groups is 4. The number of terminal acetylenes is 1. The quantitative estimate of drug-likeness (QED) is 0.140. The lowest BCUT2D eigenvalue weighted by atomic mass is 10.1. The summed E-state index contributed by atoms with van der Waals surface area (Å²) in [5.74, 6) is -0.0624. The predicted octanol–water partition coefficient (Wildman–Crippen LogP) is 2.13. The standard InChI is InChI=1S/C24H24Cl2N4O6S/c1-3-18(29-13-37-2)22(32)28-12-19(24(34)35)30-23(33)21-16(25)9-14(10-17(21)26)11-27-20(31)7-6-15-5-4-8-36-15/h1,4-10,18-19,29H,11-13H2,2H3,(H,27,31)(H,28,32)(H,30,33)(H,34,35)/b7-6+/t18-,19+/m1/s1. The molecule has 1 aromatic heterocycles. The highest BCUT2D eigenvalue weighted by atomic mass is 35.5. The lowest BCUT2D eigenvalue weighted by Crippen LogP contribution is -2.51. The van der Waals surface area contributed by atoms with Crippen molar-refractivity contribution in [3.05, 3.63) is 63.5 Å². The molecule has 0 radical (unpaired) electrons. The maximum atomic E-state index is 12.8. The Morgan fingerprint density at radius 2 is 1.92 bits per heavy atom. The number of carbonyl (C=O) groups excluding carboxylic acids is 3. The van der Waals surface area contributed by atoms with E-state index in [4.69, 9.17) is 34.0 Å². The molecule has 0 saturated carbocycles. The first kappa shape index (κ1) is 29.8. The van der Waals surface area contributed by atoms with Gasteiger partial charge in [-0.25, -0.2) is 4.79 Å². The number of aliphatic carboxylic acids is 1. The summed E-state index contributed by atoms with van der Waals surface area (Å²) < 4.78 is 5.10. The lowest BCUT2D eigenvalue weighted by molar-refractivity contribution is -0.139. The van der Waals surface area contributed by atoms with Crippen LogP contribution in [0, 0.1) is 12.3 Å². The van der Waals surface area contributed by atoms with Crippen molar-refractivity contribution in [1.29, 1.82) is 0 Å². The van der Waals surface area contributed by atoms with Gasteiger partial charge in [-0.1, -0.05) is 29.1 Å². The van der Waals surface area contributed by atoms with Gasteiger partial charge >= 0.3 is 5.97 Å². The minimum absolute atomic E-state index is 0.0535. The van der Waals surface area contributed by atoms with Gasteiger partial charge in [-0.3, -0.25) is 19.7 Å². The number of carboxylic acids is 1. The molecule has 3 amide bonds. The summed E-state index contributed by atoms with van der Waals surface area (Å²) in [6.07, 6.45) is 11.4. The summed E-state index contributed by atoms with van der Waals surface area (Å²) in [4.78, 5) is 48.6. The summed E-state index contributed by atoms with van der Waals surface area (Å²) in [7, 11) is 0. The SMILES string of the molecule is C#C[C@@H](NCSC)C(=O)NC[C@H](NC(=O)c1c(Cl)cc(CNC(=O)/C=C/c2ccco2)cc1Cl)C(=O)O. The van der Waals surface area contributed by atoms with E-state index in [1.165, 1.54) is 42.3 Å². The molecule has 37 heavy (non-hydrogen) atoms. The Morgan fingerprint density at radius 3 is 2.49 bits per heavy atom. The fourth-order valence-corrected chi connectivity index (χ4v) is 3.90. The van der Waals surface area contributed by atoms with Crippen LogP contribution in [0.25, 0.3) is 6.08 Å². The van der Waals surface area contributed by atoms with Gasteiger partial charge in [0.2, 0.25) is 11.8 Å². The Morgan fingerprint density at radius 1 is 1.22 bits per heavy atom. The lowest BCUT2D eigenvalue weighted by Gasteiger charge is -2.18. The van der Waals surface area contributed by atoms with Crippen LogP contribution in [0.3, 0.4) is 0 Å². The molecule has 1 aromatic carbocycles. The summed E-state index contributed by atoms with van der Waals surface area (Å²) in [6.45, 7) is -0.364. The number of hydrogen-bond donors (Lipinski definition) is 5. The Bertz CT molecular complexity index is 1170. The average molecular weight is 567 g/mol. The summed E-state index contributed by atoms with van der Waals surface area (Å²) >= 11 is 13.9. The first-order chi connectivity index (χ1) is 17.7. The molecule has 196 valence electrons. The number of thioether (sulfide) groups is 1. The molecular weight excluding hydrogens is 543 g/mol. The van der Waals surface area contributed by atoms with E-state index in [0.717, 1.165) is 0 Å². The predicted molar refractivity (Wildman–Crippen MR) is 142 cm³/mol. The number of furan rings is 1. The Balaban J connectivity index is 2.00. The first-order valence-corrected chi connectivity index (χ1v) is 12.8. The summed E-state index contributed by atoms with van der Waals surface area (Å²) in [5.41, 5.74) is 0.350. The number of hydrogen-bond acceptors (Lipinski definition) is 7. The number of benzene rings is 1. The number of nitrogens with one attached hydrogen (secondary N) is 4. The van der Waals surface area contributed by atoms with E-state index in [-0.39, 0.29) is 22.2 Å². The van der Waals surface area contributed by atoms with E-state index in [1.54, 1.807) is 12.1 Å². The molecule has 10 nitrogen and oxygen atoms in total. The molecule has 2 aromatic rings. The highest BCUT2D eigenvalue weighted by Crippen LogP contribution is 2.27. The van der Waals surface area contributed by atoms with Gasteiger partial charge in [-0.2, -0.15) is 0 Å². The molecule has 1 heterocycles. The third kappa shape index (κ3) is 9.51. The highest BCUT2D eigenvalue weighted by molar-refractivity contribution is 7.98. The molecule has 0 aliphatic rings. The maximum Gasteiger partial charge on any atom is 0.328 e. The molecule has 0 aliphatic heterocycles. The van der Waals surface area contributed by atoms with Crippen LogP contribution < -0.4 is 21.3 Å². The third-order valence-electron chi connectivity index (χ3n) is 4.68. The molecule has 13 heteroatoms. The van der Waals surface area contributed by atoms with Crippen LogP contribution in [0.1, 0.15) is 21.7 Å². The Hall–Kier alpha value is -3.43. The second-order valence-electron chi connectivity index (χ2n) is 7.35. The van der Waals surface area contributed by atoms with Crippen LogP contribution in [0.2, 0.25) is 10.0 Å². The van der Waals surface area contributed by atoms with Crippen molar-refractivity contribution in [1.82, 2.24) is 21.3 Å². The van der Waals surface area contributed by atoms with E-state index >= 15 is 0 Å². The minimum atomic E-state index is -1.48. The molecule has 0 fully saturated rings. The molecule has 0 bridgehead atoms. The molecule has 0 spiro atoms. The molecule has 0 saturated heterocycles. The van der Waals surface area contributed by atoms with Crippen molar-refractivity contribution >= 4 is 64.7 Å². The van der Waals surface area contributed by atoms with E-state index in [1.807, 2.05) is 6.26 Å². The number of amides is 3. The largest absolute Gasteiger partial charge is 0.480 e. The van der Waals surface area contributed by atoms with Crippen molar-refractivity contribution in [3.8, 4) is 12.3 Å². The van der Waals surface area contributed by atoms with E-state index in [9.17, 15) is 24.3 Å². The van der Waals surface area contributed by atoms with Crippen LogP contribution in [-0.4, -0.2) is 59.6 Å². The van der Waals surface area contributed by atoms with Crippen LogP contribution in [0.15, 0.2) is 41.0 Å². The Kier molecular flexibility index (Phi) is 12.1. The van der Waals surface area contributed by atoms with Crippen molar-refractivity contribution in [2.45, 2.75) is 18.6 Å². The van der Waals surface area contributed by atoms with Gasteiger partial charge in [-0.05, 0) is 42.2 Å². The van der Waals surface area contributed by atoms with Gasteiger partial charge < -0.3 is 25.5 Å². The highest BCUT2D eigenvalue weighted by Gasteiger charge is 2.25. The van der Waals surface area contributed by atoms with Gasteiger partial charge in [0.05, 0.1) is 21.9 Å². The smallest absolute Gasteiger partial charge is 0.328 e. The Labute approximate surface area is 227 Å². The topological polar surface area (TPSA) is 150 Å². The van der Waals surface area contributed by atoms with E-state index < -0.39 is 42.3 Å². The van der Waals surface area contributed by atoms with Crippen LogP contribution in [-0.2, 0) is 20.9 Å². The van der Waals surface area contributed by atoms with Crippen molar-refractivity contribution in [3.63, 3.8) is 0 Å². The summed E-state index contributed by atoms with van der Waals surface area (Å²) in [6, 6.07) is 3.77. The summed E-state index contributed by atoms with van der Waals surface area (Å²) in [5, 5.41) is 19.5. The second kappa shape index (κ2) is 15.0. The minimum Gasteiger partial charge on any atom is -0.480 e. The molecule has 2 atom stereocenters. The average Bonchev–Trinajstić information content (AvgIpc) is 3.37. The number of rotatable bonds is 13. The van der Waals surface area contributed by atoms with Gasteiger partial charge in [0.1, 0.15) is 17.8 Å². The van der Waals surface area contributed by atoms with Gasteiger partial charge in [-0.15, -0.1) is 18.2 Å². The van der Waals surface area contributed by atoms with E-state index in [0.29, 0.717) is 17.2 Å². The van der Waals surface area contributed by atoms with Gasteiger partial charge in [0.15, 0.2) is 0 Å². The van der Waals surface area contributed by atoms with Crippen molar-refractivity contribution in [2.24, 2.45) is 0 Å². The molecule has 0 unspecified atom stereocenters. The van der Waals surface area contributed by atoms with Crippen molar-refractivity contribution < 1.29 is 28.7 Å². The molecule has 2 rings (SSSR count). The fraction of sp³-hybridized carbons (Fsp3) is 0.250. The third-order valence-corrected chi connectivity index (χ3v) is 5.73. The van der Waals surface area contributed by atoms with Gasteiger partial charge in [0.25, 0.3) is 5.91 Å². The van der Waals surface area contributed by atoms with Crippen molar-refractivity contribution in [2.75, 3.05) is 18.7 Å². The zero-order valence-corrected chi connectivity index (χ0v) is 21.9.